The molecule has 1 aliphatic heterocycles. The van der Waals surface area contributed by atoms with Crippen molar-refractivity contribution >= 4 is 34.5 Å². The van der Waals surface area contributed by atoms with E-state index in [2.05, 4.69) is 35.0 Å². The van der Waals surface area contributed by atoms with Crippen LogP contribution in [0.4, 0.5) is 11.4 Å². The van der Waals surface area contributed by atoms with Crippen molar-refractivity contribution in [3.63, 3.8) is 0 Å². The van der Waals surface area contributed by atoms with Crippen LogP contribution >= 0.6 is 11.3 Å². The lowest BCUT2D eigenvalue weighted by Gasteiger charge is -2.25. The predicted octanol–water partition coefficient (Wildman–Crippen LogP) is 4.11. The highest BCUT2D eigenvalue weighted by Crippen LogP contribution is 2.27. The van der Waals surface area contributed by atoms with Crippen molar-refractivity contribution in [1.82, 2.24) is 10.6 Å². The molecule has 0 bridgehead atoms. The lowest BCUT2D eigenvalue weighted by molar-refractivity contribution is -0.117. The average molecular weight is 521 g/mol. The quantitative estimate of drug-likeness (QED) is 0.288. The Balaban J connectivity index is 1.50. The van der Waals surface area contributed by atoms with Gasteiger partial charge in [0.15, 0.2) is 0 Å². The van der Waals surface area contributed by atoms with Crippen molar-refractivity contribution in [1.29, 1.82) is 0 Å². The number of anilines is 2. The van der Waals surface area contributed by atoms with E-state index in [1.807, 2.05) is 43.3 Å². The molecule has 2 heterocycles. The summed E-state index contributed by atoms with van der Waals surface area (Å²) in [6, 6.07) is 19.0. The third-order valence-corrected chi connectivity index (χ3v) is 7.47. The van der Waals surface area contributed by atoms with Crippen LogP contribution in [-0.2, 0) is 17.8 Å². The fourth-order valence-corrected chi connectivity index (χ4v) is 5.45. The van der Waals surface area contributed by atoms with Crippen molar-refractivity contribution in [3.05, 3.63) is 81.5 Å². The summed E-state index contributed by atoms with van der Waals surface area (Å²) in [5, 5.41) is 20.8. The number of carbonyl (C=O) groups is 2. The van der Waals surface area contributed by atoms with Gasteiger partial charge in [0.2, 0.25) is 5.91 Å². The first-order valence-corrected chi connectivity index (χ1v) is 13.7. The van der Waals surface area contributed by atoms with Crippen molar-refractivity contribution in [2.24, 2.45) is 0 Å². The van der Waals surface area contributed by atoms with Gasteiger partial charge in [-0.1, -0.05) is 30.3 Å². The summed E-state index contributed by atoms with van der Waals surface area (Å²) >= 11 is 1.73. The fourth-order valence-electron chi connectivity index (χ4n) is 4.59. The Morgan fingerprint density at radius 3 is 2.62 bits per heavy atom. The zero-order valence-electron chi connectivity index (χ0n) is 21.5. The first-order valence-electron chi connectivity index (χ1n) is 12.9. The summed E-state index contributed by atoms with van der Waals surface area (Å²) in [5.41, 5.74) is 3.00. The molecule has 4 rings (SSSR count). The molecule has 3 aromatic rings. The maximum Gasteiger partial charge on any atom is 0.251 e. The highest BCUT2D eigenvalue weighted by molar-refractivity contribution is 7.11. The number of aliphatic hydroxyl groups excluding tert-OH is 1. The number of hydrogen-bond acceptors (Lipinski definition) is 6. The first-order chi connectivity index (χ1) is 17.9. The topological polar surface area (TPSA) is 93.7 Å². The minimum absolute atomic E-state index is 0.0735. The summed E-state index contributed by atoms with van der Waals surface area (Å²) in [7, 11) is 0. The number of thiophene rings is 1. The Morgan fingerprint density at radius 2 is 1.95 bits per heavy atom. The fraction of sp³-hybridized carbons (Fsp3) is 0.379. The van der Waals surface area contributed by atoms with Crippen LogP contribution in [0.1, 0.15) is 45.4 Å². The SMILES string of the molecule is CCNc1cc(C(=O)NC(Cc2ccccc2)C(O)CNCc2ccc(C)s2)cc(N2CCCC2=O)c1. The molecule has 0 saturated carbocycles. The first kappa shape index (κ1) is 26.9. The van der Waals surface area contributed by atoms with Gasteiger partial charge < -0.3 is 26.0 Å². The lowest BCUT2D eigenvalue weighted by atomic mass is 10.00. The number of benzene rings is 2. The van der Waals surface area contributed by atoms with Gasteiger partial charge >= 0.3 is 0 Å². The van der Waals surface area contributed by atoms with Gasteiger partial charge in [0, 0.05) is 59.3 Å². The molecule has 2 amide bonds. The Bertz CT molecular complexity index is 1200. The predicted molar refractivity (Wildman–Crippen MR) is 150 cm³/mol. The number of aliphatic hydroxyl groups is 1. The molecule has 8 heteroatoms. The molecule has 4 N–H and O–H groups in total. The van der Waals surface area contributed by atoms with Crippen molar-refractivity contribution in [2.75, 3.05) is 29.9 Å². The lowest BCUT2D eigenvalue weighted by Crippen LogP contribution is -2.48. The van der Waals surface area contributed by atoms with Crippen molar-refractivity contribution in [2.45, 2.75) is 51.8 Å². The van der Waals surface area contributed by atoms with Crippen molar-refractivity contribution in [3.8, 4) is 0 Å². The molecule has 2 aromatic carbocycles. The Kier molecular flexibility index (Phi) is 9.33. The van der Waals surface area contributed by atoms with E-state index in [1.54, 1.807) is 28.4 Å². The molecule has 0 aliphatic carbocycles. The summed E-state index contributed by atoms with van der Waals surface area (Å²) < 4.78 is 0. The van der Waals surface area contributed by atoms with Crippen LogP contribution in [0.3, 0.4) is 0 Å². The molecule has 37 heavy (non-hydrogen) atoms. The van der Waals surface area contributed by atoms with Crippen LogP contribution in [0.5, 0.6) is 0 Å². The van der Waals surface area contributed by atoms with Gasteiger partial charge in [0.25, 0.3) is 5.91 Å². The van der Waals surface area contributed by atoms with Crippen LogP contribution in [0.25, 0.3) is 0 Å². The highest BCUT2D eigenvalue weighted by Gasteiger charge is 2.25. The second-order valence-electron chi connectivity index (χ2n) is 9.43. The molecule has 1 saturated heterocycles. The molecule has 2 unspecified atom stereocenters. The Hall–Kier alpha value is -3.20. The zero-order chi connectivity index (χ0) is 26.2. The molecule has 1 aromatic heterocycles. The number of nitrogens with one attached hydrogen (secondary N) is 3. The van der Waals surface area contributed by atoms with Gasteiger partial charge in [-0.3, -0.25) is 9.59 Å². The largest absolute Gasteiger partial charge is 0.390 e. The maximum atomic E-state index is 13.5. The van der Waals surface area contributed by atoms with Crippen LogP contribution < -0.4 is 20.9 Å². The molecule has 0 spiro atoms. The number of nitrogens with zero attached hydrogens (tertiary/aromatic N) is 1. The summed E-state index contributed by atoms with van der Waals surface area (Å²) in [6.07, 6.45) is 1.05. The molecular formula is C29H36N4O3S. The molecule has 7 nitrogen and oxygen atoms in total. The van der Waals surface area contributed by atoms with E-state index in [4.69, 9.17) is 0 Å². The Morgan fingerprint density at radius 1 is 1.14 bits per heavy atom. The van der Waals surface area contributed by atoms with E-state index < -0.39 is 12.1 Å². The standard InChI is InChI=1S/C29H36N4O3S/c1-3-31-23-15-22(16-24(17-23)33-13-7-10-28(33)35)29(36)32-26(14-21-8-5-4-6-9-21)27(34)19-30-18-25-12-11-20(2)37-25/h4-6,8-9,11-12,15-17,26-27,30-31,34H,3,7,10,13-14,18-19H2,1-2H3,(H,32,36). The summed E-state index contributed by atoms with van der Waals surface area (Å²) in [4.78, 5) is 30.0. The summed E-state index contributed by atoms with van der Waals surface area (Å²) in [5.74, 6) is -0.203. The number of carbonyl (C=O) groups excluding carboxylic acids is 2. The van der Waals surface area contributed by atoms with E-state index in [0.717, 1.165) is 23.4 Å². The van der Waals surface area contributed by atoms with E-state index in [0.29, 0.717) is 44.6 Å². The molecule has 196 valence electrons. The smallest absolute Gasteiger partial charge is 0.251 e. The zero-order valence-corrected chi connectivity index (χ0v) is 22.3. The van der Waals surface area contributed by atoms with Crippen LogP contribution in [0.15, 0.2) is 60.7 Å². The number of rotatable bonds is 12. The van der Waals surface area contributed by atoms with Crippen LogP contribution in [-0.4, -0.2) is 48.7 Å². The number of hydrogen-bond donors (Lipinski definition) is 4. The Labute approximate surface area is 222 Å². The molecule has 2 atom stereocenters. The van der Waals surface area contributed by atoms with Crippen LogP contribution in [0, 0.1) is 6.92 Å². The number of aryl methyl sites for hydroxylation is 1. The van der Waals surface area contributed by atoms with Gasteiger partial charge in [-0.05, 0) is 62.6 Å². The second-order valence-corrected chi connectivity index (χ2v) is 10.8. The summed E-state index contributed by atoms with van der Waals surface area (Å²) in [6.45, 7) is 6.43. The van der Waals surface area contributed by atoms with Gasteiger partial charge in [-0.2, -0.15) is 0 Å². The van der Waals surface area contributed by atoms with E-state index in [-0.39, 0.29) is 11.8 Å². The van der Waals surface area contributed by atoms with Gasteiger partial charge in [-0.25, -0.2) is 0 Å². The molecule has 1 aliphatic rings. The minimum Gasteiger partial charge on any atom is -0.390 e. The second kappa shape index (κ2) is 12.9. The molecule has 0 radical (unpaired) electrons. The third kappa shape index (κ3) is 7.41. The number of amides is 2. The highest BCUT2D eigenvalue weighted by atomic mass is 32.1. The van der Waals surface area contributed by atoms with E-state index in [1.165, 1.54) is 9.75 Å². The normalized spacial score (nSPS) is 15.0. The minimum atomic E-state index is -0.790. The molecule has 1 fully saturated rings. The maximum absolute atomic E-state index is 13.5. The third-order valence-electron chi connectivity index (χ3n) is 6.47. The van der Waals surface area contributed by atoms with E-state index >= 15 is 0 Å². The van der Waals surface area contributed by atoms with Gasteiger partial charge in [0.1, 0.15) is 0 Å². The van der Waals surface area contributed by atoms with E-state index in [9.17, 15) is 14.7 Å². The average Bonchev–Trinajstić information content (AvgIpc) is 3.51. The van der Waals surface area contributed by atoms with Crippen molar-refractivity contribution < 1.29 is 14.7 Å². The van der Waals surface area contributed by atoms with Gasteiger partial charge in [-0.15, -0.1) is 11.3 Å². The molecular weight excluding hydrogens is 484 g/mol. The monoisotopic (exact) mass is 520 g/mol. The van der Waals surface area contributed by atoms with Crippen LogP contribution in [0.2, 0.25) is 0 Å². The van der Waals surface area contributed by atoms with Gasteiger partial charge in [0.05, 0.1) is 12.1 Å².